The number of carbonyl (C=O) groups excluding carboxylic acids is 1. The number of ether oxygens (including phenoxy) is 1. The van der Waals surface area contributed by atoms with Crippen LogP contribution >= 0.6 is 12.2 Å². The number of nitrogens with one attached hydrogen (secondary N) is 1. The van der Waals surface area contributed by atoms with E-state index in [-0.39, 0.29) is 11.5 Å². The van der Waals surface area contributed by atoms with Crippen LogP contribution < -0.4 is 10.3 Å². The zero-order chi connectivity index (χ0) is 22.9. The predicted molar refractivity (Wildman–Crippen MR) is 130 cm³/mol. The quantitative estimate of drug-likeness (QED) is 0.464. The number of carbonyl (C=O) groups is 1. The second kappa shape index (κ2) is 8.67. The van der Waals surface area contributed by atoms with Crippen LogP contribution in [0.4, 0.5) is 0 Å². The Morgan fingerprint density at radius 3 is 2.58 bits per heavy atom. The van der Waals surface area contributed by atoms with Crippen LogP contribution in [-0.4, -0.2) is 34.0 Å². The molecule has 3 aromatic carbocycles. The Bertz CT molecular complexity index is 1470. The van der Waals surface area contributed by atoms with Crippen LogP contribution in [0.2, 0.25) is 0 Å². The van der Waals surface area contributed by atoms with Crippen molar-refractivity contribution in [1.82, 2.24) is 14.5 Å². The molecule has 1 aromatic heterocycles. The average Bonchev–Trinajstić information content (AvgIpc) is 2.85. The minimum atomic E-state index is -0.185. The summed E-state index contributed by atoms with van der Waals surface area (Å²) in [6, 6.07) is 20.9. The molecule has 0 atom stereocenters. The van der Waals surface area contributed by atoms with Gasteiger partial charge < -0.3 is 14.6 Å². The van der Waals surface area contributed by atoms with Crippen LogP contribution in [0, 0.1) is 4.77 Å². The van der Waals surface area contributed by atoms with Crippen molar-refractivity contribution in [2.24, 2.45) is 0 Å². The monoisotopic (exact) mass is 457 g/mol. The Morgan fingerprint density at radius 2 is 1.82 bits per heavy atom. The second-order valence-electron chi connectivity index (χ2n) is 8.18. The Hall–Kier alpha value is -3.71. The number of H-pyrrole nitrogens is 1. The van der Waals surface area contributed by atoms with E-state index in [0.29, 0.717) is 40.9 Å². The lowest BCUT2D eigenvalue weighted by atomic mass is 9.99. The minimum absolute atomic E-state index is 0.0480. The number of hydrogen-bond donors (Lipinski definition) is 1. The molecule has 2 heterocycles. The highest BCUT2D eigenvalue weighted by atomic mass is 32.1. The van der Waals surface area contributed by atoms with E-state index >= 15 is 0 Å². The van der Waals surface area contributed by atoms with Crippen molar-refractivity contribution < 1.29 is 9.53 Å². The number of aromatic amines is 1. The van der Waals surface area contributed by atoms with Crippen molar-refractivity contribution >= 4 is 29.0 Å². The number of fused-ring (bicyclic) bond motifs is 2. The van der Waals surface area contributed by atoms with Gasteiger partial charge in [-0.05, 0) is 65.7 Å². The normalized spacial score (nSPS) is 13.1. The molecule has 1 N–H and O–H groups in total. The lowest BCUT2D eigenvalue weighted by Gasteiger charge is -2.29. The van der Waals surface area contributed by atoms with Crippen LogP contribution in [0.15, 0.2) is 71.5 Å². The Morgan fingerprint density at radius 1 is 1.06 bits per heavy atom. The maximum atomic E-state index is 13.2. The molecule has 0 bridgehead atoms. The summed E-state index contributed by atoms with van der Waals surface area (Å²) < 4.78 is 7.04. The van der Waals surface area contributed by atoms with Gasteiger partial charge in [0.15, 0.2) is 4.77 Å². The average molecular weight is 458 g/mol. The van der Waals surface area contributed by atoms with Gasteiger partial charge in [0.2, 0.25) is 0 Å². The van der Waals surface area contributed by atoms with E-state index in [1.165, 1.54) is 15.7 Å². The number of rotatable bonds is 4. The summed E-state index contributed by atoms with van der Waals surface area (Å²) in [5.74, 6) is 0.706. The molecule has 0 saturated carbocycles. The van der Waals surface area contributed by atoms with Gasteiger partial charge in [0.25, 0.3) is 11.5 Å². The van der Waals surface area contributed by atoms with Crippen LogP contribution in [0.25, 0.3) is 10.9 Å². The summed E-state index contributed by atoms with van der Waals surface area (Å²) in [7, 11) is 1.61. The van der Waals surface area contributed by atoms with Gasteiger partial charge in [-0.15, -0.1) is 0 Å². The third-order valence-electron chi connectivity index (χ3n) is 6.15. The van der Waals surface area contributed by atoms with Crippen molar-refractivity contribution in [3.63, 3.8) is 0 Å². The first-order chi connectivity index (χ1) is 16.0. The molecule has 0 saturated heterocycles. The van der Waals surface area contributed by atoms with E-state index < -0.39 is 0 Å². The molecule has 0 spiro atoms. The molecule has 0 aliphatic carbocycles. The number of benzene rings is 3. The van der Waals surface area contributed by atoms with E-state index in [9.17, 15) is 9.59 Å². The van der Waals surface area contributed by atoms with Crippen molar-refractivity contribution in [2.45, 2.75) is 19.5 Å². The third kappa shape index (κ3) is 4.07. The summed E-state index contributed by atoms with van der Waals surface area (Å²) in [5, 5.41) is 0.498. The van der Waals surface area contributed by atoms with Gasteiger partial charge in [0, 0.05) is 18.7 Å². The van der Waals surface area contributed by atoms with Crippen LogP contribution in [0.3, 0.4) is 0 Å². The van der Waals surface area contributed by atoms with Gasteiger partial charge in [-0.3, -0.25) is 14.2 Å². The number of methoxy groups -OCH3 is 1. The molecule has 0 radical (unpaired) electrons. The highest BCUT2D eigenvalue weighted by Gasteiger charge is 2.22. The molecule has 1 aliphatic rings. The van der Waals surface area contributed by atoms with Crippen molar-refractivity contribution in [1.29, 1.82) is 0 Å². The van der Waals surface area contributed by atoms with Gasteiger partial charge in [0.05, 0.1) is 24.6 Å². The standard InChI is InChI=1S/C26H23N3O3S/c1-32-21-9-6-17(7-10-21)15-29-25(31)22-11-8-19(14-23(22)27-26(29)33)24(30)28-13-12-18-4-2-3-5-20(18)16-28/h2-11,14H,12-13,15-16H2,1H3,(H,27,33). The second-order valence-corrected chi connectivity index (χ2v) is 8.56. The topological polar surface area (TPSA) is 67.3 Å². The molecule has 7 heteroatoms. The maximum absolute atomic E-state index is 13.2. The van der Waals surface area contributed by atoms with E-state index in [1.807, 2.05) is 41.3 Å². The summed E-state index contributed by atoms with van der Waals surface area (Å²) in [5.41, 5.74) is 4.34. The van der Waals surface area contributed by atoms with Crippen LogP contribution in [-0.2, 0) is 19.5 Å². The Balaban J connectivity index is 1.44. The number of nitrogens with zero attached hydrogens (tertiary/aromatic N) is 2. The summed E-state index contributed by atoms with van der Waals surface area (Å²) in [4.78, 5) is 31.3. The van der Waals surface area contributed by atoms with Crippen LogP contribution in [0.5, 0.6) is 5.75 Å². The molecule has 166 valence electrons. The lowest BCUT2D eigenvalue weighted by molar-refractivity contribution is 0.0735. The molecule has 1 amide bonds. The number of amides is 1. The van der Waals surface area contributed by atoms with Gasteiger partial charge in [-0.25, -0.2) is 0 Å². The number of aromatic nitrogens is 2. The van der Waals surface area contributed by atoms with Gasteiger partial charge >= 0.3 is 0 Å². The molecule has 33 heavy (non-hydrogen) atoms. The lowest BCUT2D eigenvalue weighted by Crippen LogP contribution is -2.36. The molecule has 5 rings (SSSR count). The largest absolute Gasteiger partial charge is 0.497 e. The highest BCUT2D eigenvalue weighted by molar-refractivity contribution is 7.71. The van der Waals surface area contributed by atoms with Gasteiger partial charge in [-0.2, -0.15) is 0 Å². The fourth-order valence-corrected chi connectivity index (χ4v) is 4.55. The minimum Gasteiger partial charge on any atom is -0.497 e. The van der Waals surface area contributed by atoms with Gasteiger partial charge in [0.1, 0.15) is 5.75 Å². The van der Waals surface area contributed by atoms with Crippen molar-refractivity contribution in [3.05, 3.63) is 104 Å². The molecule has 0 fully saturated rings. The number of hydrogen-bond acceptors (Lipinski definition) is 4. The Kier molecular flexibility index (Phi) is 5.56. The first-order valence-corrected chi connectivity index (χ1v) is 11.2. The molecule has 4 aromatic rings. The molecular weight excluding hydrogens is 434 g/mol. The first-order valence-electron chi connectivity index (χ1n) is 10.8. The fourth-order valence-electron chi connectivity index (χ4n) is 4.30. The fraction of sp³-hybridized carbons (Fsp3) is 0.192. The first kappa shape index (κ1) is 21.2. The van der Waals surface area contributed by atoms with E-state index in [0.717, 1.165) is 17.7 Å². The van der Waals surface area contributed by atoms with Crippen LogP contribution in [0.1, 0.15) is 27.0 Å². The van der Waals surface area contributed by atoms with E-state index in [1.54, 1.807) is 25.3 Å². The maximum Gasteiger partial charge on any atom is 0.262 e. The molecule has 0 unspecified atom stereocenters. The molecular formula is C26H23N3O3S. The zero-order valence-electron chi connectivity index (χ0n) is 18.2. The summed E-state index contributed by atoms with van der Waals surface area (Å²) in [6.07, 6.45) is 0.841. The van der Waals surface area contributed by atoms with Crippen molar-refractivity contribution in [3.8, 4) is 5.75 Å². The zero-order valence-corrected chi connectivity index (χ0v) is 19.0. The third-order valence-corrected chi connectivity index (χ3v) is 6.47. The van der Waals surface area contributed by atoms with Gasteiger partial charge in [-0.1, -0.05) is 36.4 Å². The molecule has 6 nitrogen and oxygen atoms in total. The predicted octanol–water partition coefficient (Wildman–Crippen LogP) is 4.31. The Labute approximate surface area is 196 Å². The summed E-state index contributed by atoms with van der Waals surface area (Å²) in [6.45, 7) is 1.61. The summed E-state index contributed by atoms with van der Waals surface area (Å²) >= 11 is 5.48. The SMILES string of the molecule is COc1ccc(Cn2c(=S)[nH]c3cc(C(=O)N4CCc5ccccc5C4)ccc3c2=O)cc1. The smallest absolute Gasteiger partial charge is 0.262 e. The highest BCUT2D eigenvalue weighted by Crippen LogP contribution is 2.21. The van der Waals surface area contributed by atoms with E-state index in [2.05, 4.69) is 17.1 Å². The van der Waals surface area contributed by atoms with E-state index in [4.69, 9.17) is 17.0 Å². The van der Waals surface area contributed by atoms with Crippen molar-refractivity contribution in [2.75, 3.05) is 13.7 Å². The molecule has 1 aliphatic heterocycles.